The van der Waals surface area contributed by atoms with Crippen molar-refractivity contribution in [3.05, 3.63) is 101 Å². The third-order valence-electron chi connectivity index (χ3n) is 9.14. The van der Waals surface area contributed by atoms with Gasteiger partial charge >= 0.3 is 0 Å². The van der Waals surface area contributed by atoms with E-state index >= 15 is 0 Å². The molecule has 0 unspecified atom stereocenters. The van der Waals surface area contributed by atoms with Gasteiger partial charge in [0.2, 0.25) is 17.7 Å². The number of hydrogen-bond acceptors (Lipinski definition) is 5. The van der Waals surface area contributed by atoms with Gasteiger partial charge in [0.05, 0.1) is 0 Å². The maximum absolute atomic E-state index is 14.1. The summed E-state index contributed by atoms with van der Waals surface area (Å²) in [5.74, 6) is -0.934. The number of anilines is 1. The first-order chi connectivity index (χ1) is 20.9. The molecule has 3 aromatic rings. The standard InChI is InChI=1S/C35H38N4O4/c40-31(25-7-2-1-3-8-25)15-16-32(41)39-23-28-10-5-4-9-27(28)22-30(39)33(42)38-35(17-19-36-20-18-35)34(43)37-29-14-13-24-11-6-12-26(24)21-29/h1-5,7-10,13-14,21,30,36H,6,11-12,15-20,22-23H2,(H,37,43)(H,38,42)/t30-/m0/s1. The van der Waals surface area contributed by atoms with Crippen molar-refractivity contribution >= 4 is 29.2 Å². The Hall–Kier alpha value is -4.30. The van der Waals surface area contributed by atoms with Crippen LogP contribution in [0.1, 0.15) is 64.7 Å². The molecule has 222 valence electrons. The second-order valence-electron chi connectivity index (χ2n) is 11.9. The maximum atomic E-state index is 14.1. The predicted molar refractivity (Wildman–Crippen MR) is 165 cm³/mol. The van der Waals surface area contributed by atoms with Gasteiger partial charge < -0.3 is 20.9 Å². The largest absolute Gasteiger partial charge is 0.340 e. The number of Topliss-reactive ketones (excluding diaryl/α,β-unsaturated/α-hetero) is 1. The molecule has 3 N–H and O–H groups in total. The molecular formula is C35H38N4O4. The highest BCUT2D eigenvalue weighted by Crippen LogP contribution is 2.29. The van der Waals surface area contributed by atoms with Crippen molar-refractivity contribution in [1.82, 2.24) is 15.5 Å². The van der Waals surface area contributed by atoms with Gasteiger partial charge in [-0.1, -0.05) is 60.7 Å². The van der Waals surface area contributed by atoms with Crippen LogP contribution in [0.25, 0.3) is 0 Å². The number of rotatable bonds is 8. The van der Waals surface area contributed by atoms with E-state index < -0.39 is 11.6 Å². The average Bonchev–Trinajstić information content (AvgIpc) is 3.51. The molecule has 8 nitrogen and oxygen atoms in total. The zero-order valence-electron chi connectivity index (χ0n) is 24.4. The topological polar surface area (TPSA) is 108 Å². The average molecular weight is 579 g/mol. The fourth-order valence-electron chi connectivity index (χ4n) is 6.63. The second kappa shape index (κ2) is 12.5. The Balaban J connectivity index is 1.20. The van der Waals surface area contributed by atoms with Gasteiger partial charge in [-0.25, -0.2) is 0 Å². The third kappa shape index (κ3) is 6.25. The lowest BCUT2D eigenvalue weighted by molar-refractivity contribution is -0.143. The number of benzene rings is 3. The summed E-state index contributed by atoms with van der Waals surface area (Å²) in [6, 6.07) is 22.0. The van der Waals surface area contributed by atoms with Gasteiger partial charge in [-0.2, -0.15) is 0 Å². The Kier molecular flexibility index (Phi) is 8.38. The van der Waals surface area contributed by atoms with Gasteiger partial charge in [-0.3, -0.25) is 19.2 Å². The fourth-order valence-corrected chi connectivity index (χ4v) is 6.63. The molecule has 6 rings (SSSR count). The predicted octanol–water partition coefficient (Wildman–Crippen LogP) is 3.97. The van der Waals surface area contributed by atoms with E-state index in [9.17, 15) is 19.2 Å². The summed E-state index contributed by atoms with van der Waals surface area (Å²) in [6.07, 6.45) is 4.50. The van der Waals surface area contributed by atoms with Crippen LogP contribution in [0.5, 0.6) is 0 Å². The lowest BCUT2D eigenvalue weighted by Gasteiger charge is -2.41. The van der Waals surface area contributed by atoms with Gasteiger partial charge in [0, 0.05) is 37.1 Å². The summed E-state index contributed by atoms with van der Waals surface area (Å²) >= 11 is 0. The van der Waals surface area contributed by atoms with E-state index in [1.807, 2.05) is 42.5 Å². The van der Waals surface area contributed by atoms with Gasteiger partial charge in [-0.05, 0) is 79.6 Å². The van der Waals surface area contributed by atoms with Crippen LogP contribution in [-0.2, 0) is 40.2 Å². The molecule has 2 heterocycles. The molecule has 0 spiro atoms. The molecule has 1 atom stereocenters. The number of amides is 3. The minimum absolute atomic E-state index is 0.00749. The first kappa shape index (κ1) is 28.8. The minimum Gasteiger partial charge on any atom is -0.340 e. The number of fused-ring (bicyclic) bond motifs is 2. The smallest absolute Gasteiger partial charge is 0.250 e. The van der Waals surface area contributed by atoms with Gasteiger partial charge in [0.25, 0.3) is 0 Å². The van der Waals surface area contributed by atoms with E-state index in [2.05, 4.69) is 22.0 Å². The van der Waals surface area contributed by atoms with E-state index in [0.717, 1.165) is 36.1 Å². The highest BCUT2D eigenvalue weighted by Gasteiger charge is 2.44. The fraction of sp³-hybridized carbons (Fsp3) is 0.371. The van der Waals surface area contributed by atoms with E-state index in [0.29, 0.717) is 37.9 Å². The molecule has 43 heavy (non-hydrogen) atoms. The van der Waals surface area contributed by atoms with Crippen LogP contribution in [0.2, 0.25) is 0 Å². The first-order valence-electron chi connectivity index (χ1n) is 15.3. The van der Waals surface area contributed by atoms with Crippen molar-refractivity contribution in [2.24, 2.45) is 0 Å². The van der Waals surface area contributed by atoms with Crippen molar-refractivity contribution in [3.8, 4) is 0 Å². The molecule has 3 aromatic carbocycles. The quantitative estimate of drug-likeness (QED) is 0.351. The number of carbonyl (C=O) groups is 4. The first-order valence-corrected chi connectivity index (χ1v) is 15.3. The summed E-state index contributed by atoms with van der Waals surface area (Å²) in [6.45, 7) is 1.47. The van der Waals surface area contributed by atoms with E-state index in [4.69, 9.17) is 0 Å². The van der Waals surface area contributed by atoms with Crippen molar-refractivity contribution in [2.75, 3.05) is 18.4 Å². The third-order valence-corrected chi connectivity index (χ3v) is 9.14. The molecule has 0 radical (unpaired) electrons. The number of carbonyl (C=O) groups excluding carboxylic acids is 4. The zero-order chi connectivity index (χ0) is 29.8. The van der Waals surface area contributed by atoms with Crippen LogP contribution in [0.3, 0.4) is 0 Å². The number of nitrogens with one attached hydrogen (secondary N) is 3. The molecule has 3 amide bonds. The van der Waals surface area contributed by atoms with E-state index in [1.165, 1.54) is 11.1 Å². The van der Waals surface area contributed by atoms with Crippen LogP contribution in [-0.4, -0.2) is 53.1 Å². The molecular weight excluding hydrogens is 540 g/mol. The number of ketones is 1. The van der Waals surface area contributed by atoms with Crippen LogP contribution in [0.15, 0.2) is 72.8 Å². The number of hydrogen-bond donors (Lipinski definition) is 3. The number of nitrogens with zero attached hydrogens (tertiary/aromatic N) is 1. The minimum atomic E-state index is -1.10. The maximum Gasteiger partial charge on any atom is 0.250 e. The van der Waals surface area contributed by atoms with Crippen LogP contribution in [0, 0.1) is 0 Å². The zero-order valence-corrected chi connectivity index (χ0v) is 24.4. The van der Waals surface area contributed by atoms with Crippen LogP contribution in [0.4, 0.5) is 5.69 Å². The van der Waals surface area contributed by atoms with Crippen LogP contribution < -0.4 is 16.0 Å². The monoisotopic (exact) mass is 578 g/mol. The molecule has 0 aromatic heterocycles. The Labute approximate surface area is 252 Å². The summed E-state index contributed by atoms with van der Waals surface area (Å²) < 4.78 is 0. The van der Waals surface area contributed by atoms with E-state index in [1.54, 1.807) is 29.2 Å². The van der Waals surface area contributed by atoms with Crippen molar-refractivity contribution in [2.45, 2.75) is 69.5 Å². The molecule has 1 aliphatic carbocycles. The molecule has 2 aliphatic heterocycles. The summed E-state index contributed by atoms with van der Waals surface area (Å²) in [5.41, 5.74) is 4.79. The summed E-state index contributed by atoms with van der Waals surface area (Å²) in [5, 5.41) is 9.52. The van der Waals surface area contributed by atoms with Crippen molar-refractivity contribution in [1.29, 1.82) is 0 Å². The van der Waals surface area contributed by atoms with Crippen molar-refractivity contribution < 1.29 is 19.2 Å². The van der Waals surface area contributed by atoms with Crippen molar-refractivity contribution in [3.63, 3.8) is 0 Å². The molecule has 8 heteroatoms. The molecule has 3 aliphatic rings. The molecule has 1 fully saturated rings. The lowest BCUT2D eigenvalue weighted by Crippen LogP contribution is -2.65. The number of aryl methyl sites for hydroxylation is 2. The summed E-state index contributed by atoms with van der Waals surface area (Å²) in [7, 11) is 0. The summed E-state index contributed by atoms with van der Waals surface area (Å²) in [4.78, 5) is 55.9. The SMILES string of the molecule is O=C(CCC(=O)N1Cc2ccccc2C[C@H]1C(=O)NC1(C(=O)Nc2ccc3c(c2)CCC3)CCNCC1)c1ccccc1. The molecule has 1 saturated heterocycles. The van der Waals surface area contributed by atoms with E-state index in [-0.39, 0.29) is 42.9 Å². The number of piperidine rings is 1. The molecule has 0 bridgehead atoms. The van der Waals surface area contributed by atoms with Gasteiger partial charge in [0.1, 0.15) is 11.6 Å². The van der Waals surface area contributed by atoms with Crippen LogP contribution >= 0.6 is 0 Å². The second-order valence-corrected chi connectivity index (χ2v) is 11.9. The normalized spacial score (nSPS) is 18.7. The highest BCUT2D eigenvalue weighted by atomic mass is 16.2. The van der Waals surface area contributed by atoms with Gasteiger partial charge in [-0.15, -0.1) is 0 Å². The Morgan fingerprint density at radius 3 is 2.33 bits per heavy atom. The van der Waals surface area contributed by atoms with Gasteiger partial charge in [0.15, 0.2) is 5.78 Å². The lowest BCUT2D eigenvalue weighted by atomic mass is 9.85. The Morgan fingerprint density at radius 2 is 1.53 bits per heavy atom. The Bertz CT molecular complexity index is 1530. The Morgan fingerprint density at radius 1 is 0.814 bits per heavy atom. The highest BCUT2D eigenvalue weighted by molar-refractivity contribution is 6.02. The molecule has 0 saturated carbocycles.